The highest BCUT2D eigenvalue weighted by atomic mass is 19.1. The Kier molecular flexibility index (Phi) is 5.25. The summed E-state index contributed by atoms with van der Waals surface area (Å²) >= 11 is 0. The smallest absolute Gasteiger partial charge is 0.223 e. The van der Waals surface area contributed by atoms with E-state index in [1.54, 1.807) is 12.1 Å². The number of hydrogen-bond donors (Lipinski definition) is 3. The highest BCUT2D eigenvalue weighted by Crippen LogP contribution is 2.25. The molecule has 0 aliphatic carbocycles. The largest absolute Gasteiger partial charge is 0.368 e. The first-order chi connectivity index (χ1) is 12.1. The van der Waals surface area contributed by atoms with Crippen LogP contribution in [-0.4, -0.2) is 30.0 Å². The lowest BCUT2D eigenvalue weighted by Gasteiger charge is -2.16. The van der Waals surface area contributed by atoms with Crippen LogP contribution in [0.2, 0.25) is 0 Å². The Morgan fingerprint density at radius 2 is 1.72 bits per heavy atom. The molecule has 0 atom stereocenters. The summed E-state index contributed by atoms with van der Waals surface area (Å²) in [7, 11) is 0. The molecule has 1 aliphatic heterocycles. The zero-order valence-corrected chi connectivity index (χ0v) is 13.8. The Bertz CT molecular complexity index is 781. The Labute approximate surface area is 146 Å². The molecular weight excluding hydrogens is 319 g/mol. The highest BCUT2D eigenvalue weighted by Gasteiger charge is 2.11. The second-order valence-electron chi connectivity index (χ2n) is 5.81. The molecule has 130 valence electrons. The van der Waals surface area contributed by atoms with Gasteiger partial charge in [-0.1, -0.05) is 36.4 Å². The fourth-order valence-electron chi connectivity index (χ4n) is 2.70. The molecule has 2 aromatic carbocycles. The SMILES string of the molecule is NC(=Nc1ccc(-c2ccccc2)cc1F)N=C(N)NN1CCCC1. The van der Waals surface area contributed by atoms with Gasteiger partial charge in [0.1, 0.15) is 11.5 Å². The predicted octanol–water partition coefficient (Wildman–Crippen LogP) is 2.35. The summed E-state index contributed by atoms with van der Waals surface area (Å²) in [6.45, 7) is 1.81. The van der Waals surface area contributed by atoms with Gasteiger partial charge in [-0.15, -0.1) is 0 Å². The summed E-state index contributed by atoms with van der Waals surface area (Å²) < 4.78 is 14.3. The van der Waals surface area contributed by atoms with Crippen LogP contribution in [-0.2, 0) is 0 Å². The molecule has 0 spiro atoms. The Hall–Kier alpha value is -2.93. The Morgan fingerprint density at radius 3 is 2.40 bits per heavy atom. The van der Waals surface area contributed by atoms with Gasteiger partial charge in [0, 0.05) is 13.1 Å². The normalized spacial score (nSPS) is 16.2. The van der Waals surface area contributed by atoms with Gasteiger partial charge in [0.15, 0.2) is 0 Å². The lowest BCUT2D eigenvalue weighted by Crippen LogP contribution is -2.45. The fourth-order valence-corrected chi connectivity index (χ4v) is 2.70. The summed E-state index contributed by atoms with van der Waals surface area (Å²) in [5, 5.41) is 1.96. The van der Waals surface area contributed by atoms with Crippen molar-refractivity contribution >= 4 is 17.6 Å². The number of rotatable bonds is 3. The van der Waals surface area contributed by atoms with Crippen LogP contribution in [0.15, 0.2) is 58.5 Å². The van der Waals surface area contributed by atoms with Crippen molar-refractivity contribution in [3.63, 3.8) is 0 Å². The van der Waals surface area contributed by atoms with E-state index in [0.717, 1.165) is 37.1 Å². The molecule has 1 fully saturated rings. The van der Waals surface area contributed by atoms with Gasteiger partial charge >= 0.3 is 0 Å². The molecule has 0 bridgehead atoms. The van der Waals surface area contributed by atoms with Crippen LogP contribution in [0.4, 0.5) is 10.1 Å². The first-order valence-electron chi connectivity index (χ1n) is 8.17. The molecule has 1 heterocycles. The number of guanidine groups is 2. The van der Waals surface area contributed by atoms with Crippen molar-refractivity contribution in [1.29, 1.82) is 0 Å². The van der Waals surface area contributed by atoms with Gasteiger partial charge in [-0.2, -0.15) is 4.99 Å². The summed E-state index contributed by atoms with van der Waals surface area (Å²) in [6, 6.07) is 14.4. The summed E-state index contributed by atoms with van der Waals surface area (Å²) in [4.78, 5) is 7.96. The van der Waals surface area contributed by atoms with Crippen LogP contribution in [0, 0.1) is 5.82 Å². The van der Waals surface area contributed by atoms with E-state index >= 15 is 0 Å². The van der Waals surface area contributed by atoms with E-state index in [0.29, 0.717) is 0 Å². The van der Waals surface area contributed by atoms with Crippen LogP contribution in [0.1, 0.15) is 12.8 Å². The van der Waals surface area contributed by atoms with Crippen LogP contribution in [0.3, 0.4) is 0 Å². The lowest BCUT2D eigenvalue weighted by molar-refractivity contribution is 0.294. The maximum atomic E-state index is 14.3. The molecule has 0 radical (unpaired) electrons. The fraction of sp³-hybridized carbons (Fsp3) is 0.222. The number of nitrogens with zero attached hydrogens (tertiary/aromatic N) is 3. The number of benzene rings is 2. The number of nitrogens with one attached hydrogen (secondary N) is 1. The molecule has 0 aromatic heterocycles. The van der Waals surface area contributed by atoms with Crippen LogP contribution in [0.5, 0.6) is 0 Å². The molecule has 1 aliphatic rings. The summed E-state index contributed by atoms with van der Waals surface area (Å²) in [5.41, 5.74) is 16.3. The third-order valence-electron chi connectivity index (χ3n) is 3.90. The van der Waals surface area contributed by atoms with E-state index in [4.69, 9.17) is 11.5 Å². The maximum absolute atomic E-state index is 14.3. The molecule has 7 heteroatoms. The average molecular weight is 340 g/mol. The lowest BCUT2D eigenvalue weighted by atomic mass is 10.1. The standard InChI is InChI=1S/C18H21FN6/c19-15-12-14(13-6-2-1-3-7-13)8-9-16(15)22-17(20)23-18(21)24-25-10-4-5-11-25/h1-3,6-9,12H,4-5,10-11H2,(H5,20,21,22,23,24). The van der Waals surface area contributed by atoms with Gasteiger partial charge in [0.25, 0.3) is 0 Å². The van der Waals surface area contributed by atoms with E-state index < -0.39 is 5.82 Å². The topological polar surface area (TPSA) is 92.0 Å². The second-order valence-corrected chi connectivity index (χ2v) is 5.81. The van der Waals surface area contributed by atoms with Gasteiger partial charge in [-0.3, -0.25) is 5.43 Å². The molecule has 0 amide bonds. The number of hydrogen-bond acceptors (Lipinski definition) is 2. The molecule has 6 nitrogen and oxygen atoms in total. The van der Waals surface area contributed by atoms with Crippen molar-refractivity contribution in [1.82, 2.24) is 10.4 Å². The van der Waals surface area contributed by atoms with Crippen molar-refractivity contribution in [2.75, 3.05) is 13.1 Å². The number of nitrogens with two attached hydrogens (primary N) is 2. The Morgan fingerprint density at radius 1 is 1.00 bits per heavy atom. The van der Waals surface area contributed by atoms with Gasteiger partial charge in [0.2, 0.25) is 11.9 Å². The third kappa shape index (κ3) is 4.54. The molecule has 0 saturated carbocycles. The zero-order chi connectivity index (χ0) is 17.6. The van der Waals surface area contributed by atoms with Crippen LogP contribution in [0.25, 0.3) is 11.1 Å². The van der Waals surface area contributed by atoms with E-state index in [1.807, 2.05) is 35.3 Å². The first kappa shape index (κ1) is 16.9. The number of aliphatic imine (C=N–C) groups is 2. The van der Waals surface area contributed by atoms with Crippen LogP contribution < -0.4 is 16.9 Å². The van der Waals surface area contributed by atoms with Crippen molar-refractivity contribution in [3.8, 4) is 11.1 Å². The minimum absolute atomic E-state index is 0.101. The highest BCUT2D eigenvalue weighted by molar-refractivity contribution is 5.94. The van der Waals surface area contributed by atoms with Crippen molar-refractivity contribution in [2.24, 2.45) is 21.5 Å². The van der Waals surface area contributed by atoms with Gasteiger partial charge in [0.05, 0.1) is 0 Å². The molecule has 0 unspecified atom stereocenters. The third-order valence-corrected chi connectivity index (χ3v) is 3.90. The average Bonchev–Trinajstić information content (AvgIpc) is 3.10. The first-order valence-corrected chi connectivity index (χ1v) is 8.17. The molecule has 1 saturated heterocycles. The molecule has 25 heavy (non-hydrogen) atoms. The summed E-state index contributed by atoms with van der Waals surface area (Å²) in [5.74, 6) is -0.425. The Balaban J connectivity index is 1.73. The van der Waals surface area contributed by atoms with Gasteiger partial charge in [-0.25, -0.2) is 14.4 Å². The monoisotopic (exact) mass is 340 g/mol. The second kappa shape index (κ2) is 7.76. The van der Waals surface area contributed by atoms with E-state index in [2.05, 4.69) is 15.4 Å². The minimum atomic E-state index is -0.467. The zero-order valence-electron chi connectivity index (χ0n) is 13.8. The number of hydrazine groups is 1. The van der Waals surface area contributed by atoms with E-state index in [-0.39, 0.29) is 17.6 Å². The van der Waals surface area contributed by atoms with E-state index in [1.165, 1.54) is 6.07 Å². The molecule has 2 aromatic rings. The van der Waals surface area contributed by atoms with Crippen molar-refractivity contribution in [3.05, 3.63) is 54.3 Å². The summed E-state index contributed by atoms with van der Waals surface area (Å²) in [6.07, 6.45) is 2.23. The van der Waals surface area contributed by atoms with Gasteiger partial charge < -0.3 is 11.5 Å². The molecule has 5 N–H and O–H groups in total. The van der Waals surface area contributed by atoms with Crippen LogP contribution >= 0.6 is 0 Å². The van der Waals surface area contributed by atoms with E-state index in [9.17, 15) is 4.39 Å². The van der Waals surface area contributed by atoms with Gasteiger partial charge in [-0.05, 0) is 36.1 Å². The quantitative estimate of drug-likeness (QED) is 0.591. The minimum Gasteiger partial charge on any atom is -0.368 e. The van der Waals surface area contributed by atoms with Crippen molar-refractivity contribution in [2.45, 2.75) is 12.8 Å². The predicted molar refractivity (Wildman–Crippen MR) is 98.7 cm³/mol. The van der Waals surface area contributed by atoms with Crippen molar-refractivity contribution < 1.29 is 4.39 Å². The molecular formula is C18H21FN6. The number of halogens is 1. The molecule has 3 rings (SSSR count). The maximum Gasteiger partial charge on any atom is 0.223 e.